The molecule has 2 saturated carbocycles. The minimum Gasteiger partial charge on any atom is -0.472 e. The fraction of sp³-hybridized carbons (Fsp3) is 0.615. The van der Waals surface area contributed by atoms with Gasteiger partial charge in [0.2, 0.25) is 0 Å². The molecule has 4 heteroatoms. The first-order chi connectivity index (χ1) is 14.0. The monoisotopic (exact) mass is 406 g/mol. The molecule has 0 N–H and O–H groups in total. The average Bonchev–Trinajstić information content (AvgIpc) is 3.06. The zero-order valence-corrected chi connectivity index (χ0v) is 18.5. The molecule has 30 heavy (non-hydrogen) atoms. The molecule has 7 unspecified atom stereocenters. The molecule has 158 valence electrons. The number of hydrogen-bond donors (Lipinski definition) is 0. The molecular formula is C26H30O4. The van der Waals surface area contributed by atoms with Crippen LogP contribution in [0, 0.1) is 27.6 Å². The van der Waals surface area contributed by atoms with Crippen LogP contribution in [0.3, 0.4) is 0 Å². The maximum Gasteiger partial charge on any atom is 0.161 e. The molecule has 0 amide bonds. The van der Waals surface area contributed by atoms with Crippen molar-refractivity contribution < 1.29 is 18.7 Å². The molecule has 7 atom stereocenters. The topological polar surface area (TPSA) is 59.8 Å². The van der Waals surface area contributed by atoms with Gasteiger partial charge in [0.1, 0.15) is 11.4 Å². The van der Waals surface area contributed by atoms with Crippen molar-refractivity contribution in [3.63, 3.8) is 0 Å². The predicted molar refractivity (Wildman–Crippen MR) is 112 cm³/mol. The SMILES string of the molecule is CC1(C)C(=O)C=CC2(C)C3=CCC4(C)C(c5ccoc5)CC5OC54C3(C)C(=O)CC12. The van der Waals surface area contributed by atoms with Gasteiger partial charge >= 0.3 is 0 Å². The number of allylic oxidation sites excluding steroid dienone is 3. The van der Waals surface area contributed by atoms with E-state index >= 15 is 0 Å². The molecule has 1 aliphatic heterocycles. The van der Waals surface area contributed by atoms with Crippen LogP contribution in [0.25, 0.3) is 0 Å². The highest BCUT2D eigenvalue weighted by molar-refractivity contribution is 5.99. The van der Waals surface area contributed by atoms with Crippen LogP contribution in [0.15, 0.2) is 46.8 Å². The quantitative estimate of drug-likeness (QED) is 0.486. The van der Waals surface area contributed by atoms with Gasteiger partial charge in [0.15, 0.2) is 5.78 Å². The lowest BCUT2D eigenvalue weighted by Gasteiger charge is -2.61. The lowest BCUT2D eigenvalue weighted by Crippen LogP contribution is -2.64. The van der Waals surface area contributed by atoms with Crippen molar-refractivity contribution >= 4 is 11.6 Å². The lowest BCUT2D eigenvalue weighted by atomic mass is 9.40. The zero-order chi connectivity index (χ0) is 21.3. The summed E-state index contributed by atoms with van der Waals surface area (Å²) in [5.74, 6) is 0.678. The summed E-state index contributed by atoms with van der Waals surface area (Å²) in [5.41, 5.74) is 0.276. The van der Waals surface area contributed by atoms with Crippen LogP contribution in [0.2, 0.25) is 0 Å². The van der Waals surface area contributed by atoms with Crippen LogP contribution in [0.1, 0.15) is 65.4 Å². The Morgan fingerprint density at radius 2 is 1.87 bits per heavy atom. The van der Waals surface area contributed by atoms with Gasteiger partial charge in [-0.05, 0) is 54.9 Å². The maximum atomic E-state index is 14.0. The highest BCUT2D eigenvalue weighted by atomic mass is 16.6. The molecule has 0 aromatic carbocycles. The molecule has 4 nitrogen and oxygen atoms in total. The fourth-order valence-electron chi connectivity index (χ4n) is 8.39. The van der Waals surface area contributed by atoms with Crippen LogP contribution in [-0.4, -0.2) is 23.3 Å². The Bertz CT molecular complexity index is 1050. The largest absolute Gasteiger partial charge is 0.472 e. The van der Waals surface area contributed by atoms with Crippen molar-refractivity contribution in [2.24, 2.45) is 27.6 Å². The summed E-state index contributed by atoms with van der Waals surface area (Å²) >= 11 is 0. The maximum absolute atomic E-state index is 14.0. The summed E-state index contributed by atoms with van der Waals surface area (Å²) in [6, 6.07) is 2.06. The summed E-state index contributed by atoms with van der Waals surface area (Å²) in [7, 11) is 0. The van der Waals surface area contributed by atoms with E-state index < -0.39 is 16.4 Å². The molecular weight excluding hydrogens is 376 g/mol. The van der Waals surface area contributed by atoms with Gasteiger partial charge in [-0.2, -0.15) is 0 Å². The van der Waals surface area contributed by atoms with E-state index in [0.29, 0.717) is 12.3 Å². The minimum atomic E-state index is -0.658. The Morgan fingerprint density at radius 3 is 2.57 bits per heavy atom. The average molecular weight is 407 g/mol. The van der Waals surface area contributed by atoms with Crippen LogP contribution in [-0.2, 0) is 14.3 Å². The van der Waals surface area contributed by atoms with E-state index in [9.17, 15) is 9.59 Å². The van der Waals surface area contributed by atoms with Crippen LogP contribution < -0.4 is 0 Å². The Kier molecular flexibility index (Phi) is 3.19. The van der Waals surface area contributed by atoms with Crippen molar-refractivity contribution in [2.45, 2.75) is 71.5 Å². The van der Waals surface area contributed by atoms with Gasteiger partial charge in [0.25, 0.3) is 0 Å². The second kappa shape index (κ2) is 5.09. The van der Waals surface area contributed by atoms with Crippen LogP contribution >= 0.6 is 0 Å². The highest BCUT2D eigenvalue weighted by Gasteiger charge is 2.85. The number of epoxide rings is 1. The van der Waals surface area contributed by atoms with Gasteiger partial charge in [-0.3, -0.25) is 9.59 Å². The van der Waals surface area contributed by atoms with Crippen molar-refractivity contribution in [2.75, 3.05) is 0 Å². The summed E-state index contributed by atoms with van der Waals surface area (Å²) in [6.07, 6.45) is 12.1. The molecule has 3 fully saturated rings. The number of ketones is 2. The number of Topliss-reactive ketones (excluding diaryl/α,β-unsaturated/α-hetero) is 1. The summed E-state index contributed by atoms with van der Waals surface area (Å²) in [5, 5.41) is 0. The van der Waals surface area contributed by atoms with E-state index in [2.05, 4.69) is 39.0 Å². The third-order valence-corrected chi connectivity index (χ3v) is 10.1. The second-order valence-electron chi connectivity index (χ2n) is 11.4. The zero-order valence-electron chi connectivity index (χ0n) is 18.5. The Labute approximate surface area is 177 Å². The molecule has 1 spiro atoms. The number of fused-ring (bicyclic) bond motifs is 3. The molecule has 0 radical (unpaired) electrons. The van der Waals surface area contributed by atoms with Gasteiger partial charge < -0.3 is 9.15 Å². The van der Waals surface area contributed by atoms with E-state index in [1.807, 2.05) is 20.1 Å². The Morgan fingerprint density at radius 1 is 1.10 bits per heavy atom. The van der Waals surface area contributed by atoms with Crippen molar-refractivity contribution in [3.8, 4) is 0 Å². The summed E-state index contributed by atoms with van der Waals surface area (Å²) < 4.78 is 11.9. The normalized spacial score (nSPS) is 50.3. The first-order valence-electron chi connectivity index (χ1n) is 11.2. The van der Waals surface area contributed by atoms with Gasteiger partial charge in [-0.25, -0.2) is 0 Å². The predicted octanol–water partition coefficient (Wildman–Crippen LogP) is 5.01. The second-order valence-corrected chi connectivity index (χ2v) is 11.4. The summed E-state index contributed by atoms with van der Waals surface area (Å²) in [6.45, 7) is 10.7. The van der Waals surface area contributed by atoms with E-state index in [1.165, 1.54) is 11.1 Å². The van der Waals surface area contributed by atoms with Crippen LogP contribution in [0.5, 0.6) is 0 Å². The molecule has 1 saturated heterocycles. The Balaban J connectivity index is 1.55. The molecule has 4 aliphatic carbocycles. The van der Waals surface area contributed by atoms with Crippen molar-refractivity contribution in [3.05, 3.63) is 48.0 Å². The fourth-order valence-corrected chi connectivity index (χ4v) is 8.39. The number of rotatable bonds is 1. The number of carbonyl (C=O) groups excluding carboxylic acids is 2. The first kappa shape index (κ1) is 18.8. The molecule has 1 aromatic heterocycles. The lowest BCUT2D eigenvalue weighted by molar-refractivity contribution is -0.147. The molecule has 2 heterocycles. The molecule has 0 bridgehead atoms. The van der Waals surface area contributed by atoms with Gasteiger partial charge in [0.05, 0.1) is 24.0 Å². The molecule has 6 rings (SSSR count). The highest BCUT2D eigenvalue weighted by Crippen LogP contribution is 2.80. The van der Waals surface area contributed by atoms with Gasteiger partial charge in [-0.1, -0.05) is 39.8 Å². The van der Waals surface area contributed by atoms with Crippen molar-refractivity contribution in [1.29, 1.82) is 0 Å². The molecule has 1 aromatic rings. The smallest absolute Gasteiger partial charge is 0.161 e. The minimum absolute atomic E-state index is 0.0154. The van der Waals surface area contributed by atoms with E-state index in [1.54, 1.807) is 12.3 Å². The van der Waals surface area contributed by atoms with Crippen LogP contribution in [0.4, 0.5) is 0 Å². The number of ether oxygens (including phenoxy) is 1. The number of furan rings is 1. The number of carbonyl (C=O) groups is 2. The van der Waals surface area contributed by atoms with Gasteiger partial charge in [0, 0.05) is 22.7 Å². The van der Waals surface area contributed by atoms with Crippen molar-refractivity contribution in [1.82, 2.24) is 0 Å². The first-order valence-corrected chi connectivity index (χ1v) is 11.2. The Hall–Kier alpha value is -1.94. The van der Waals surface area contributed by atoms with E-state index in [4.69, 9.17) is 9.15 Å². The third-order valence-electron chi connectivity index (χ3n) is 10.1. The standard InChI is InChI=1S/C26H30O4/c1-22(2)18-13-20(28)25(5)17(23(18,3)9-7-19(22)27)6-10-24(4)16(15-8-11-29-14-15)12-21-26(24,25)30-21/h6-9,11,14,16,18,21H,10,12-13H2,1-5H3. The third kappa shape index (κ3) is 1.70. The van der Waals surface area contributed by atoms with Gasteiger partial charge in [-0.15, -0.1) is 0 Å². The van der Waals surface area contributed by atoms with E-state index in [-0.39, 0.29) is 34.4 Å². The molecule has 5 aliphatic rings. The number of hydrogen-bond acceptors (Lipinski definition) is 4. The summed E-state index contributed by atoms with van der Waals surface area (Å²) in [4.78, 5) is 26.7. The van der Waals surface area contributed by atoms with E-state index in [0.717, 1.165) is 12.8 Å².